The molecular weight excluding hydrogens is 697 g/mol. The fourth-order valence-electron chi connectivity index (χ4n) is 8.80. The van der Waals surface area contributed by atoms with Crippen molar-refractivity contribution in [3.63, 3.8) is 0 Å². The van der Waals surface area contributed by atoms with E-state index in [1.807, 2.05) is 36.4 Å². The van der Waals surface area contributed by atoms with Crippen LogP contribution in [0.15, 0.2) is 199 Å². The third kappa shape index (κ3) is 4.82. The molecule has 0 atom stereocenters. The van der Waals surface area contributed by atoms with E-state index >= 15 is 0 Å². The average molecular weight is 729 g/mol. The smallest absolute Gasteiger partial charge is 0.160 e. The van der Waals surface area contributed by atoms with Gasteiger partial charge in [-0.25, -0.2) is 9.97 Å². The molecule has 0 saturated heterocycles. The van der Waals surface area contributed by atoms with Crippen molar-refractivity contribution in [3.8, 4) is 45.3 Å². The maximum atomic E-state index is 7.15. The Morgan fingerprint density at radius 2 is 0.807 bits per heavy atom. The molecule has 0 radical (unpaired) electrons. The number of benzene rings is 8. The normalized spacial score (nSPS) is 11.9. The SMILES string of the molecule is c1ccc(-c2cc(-c3cccc(-n4c5ccccc5c5c6oc7c(ccc8c7c7ccccc7n8-c7ccccc7)c6ccc54)c3)nc(-c3ccccc3)n2)cc1. The summed E-state index contributed by atoms with van der Waals surface area (Å²) < 4.78 is 11.9. The van der Waals surface area contributed by atoms with Crippen LogP contribution in [-0.2, 0) is 0 Å². The molecule has 12 rings (SSSR count). The number of para-hydroxylation sites is 3. The van der Waals surface area contributed by atoms with Crippen LogP contribution in [-0.4, -0.2) is 19.1 Å². The highest BCUT2D eigenvalue weighted by molar-refractivity contribution is 6.29. The van der Waals surface area contributed by atoms with Crippen LogP contribution in [0.25, 0.3) is 111 Å². The first-order valence-electron chi connectivity index (χ1n) is 19.3. The van der Waals surface area contributed by atoms with Crippen LogP contribution in [0.5, 0.6) is 0 Å². The maximum absolute atomic E-state index is 7.15. The van der Waals surface area contributed by atoms with E-state index in [0.29, 0.717) is 5.82 Å². The van der Waals surface area contributed by atoms with Crippen molar-refractivity contribution < 1.29 is 4.42 Å². The maximum Gasteiger partial charge on any atom is 0.160 e. The summed E-state index contributed by atoms with van der Waals surface area (Å²) in [4.78, 5) is 10.2. The van der Waals surface area contributed by atoms with E-state index in [2.05, 4.69) is 167 Å². The molecule has 266 valence electrons. The van der Waals surface area contributed by atoms with Crippen molar-refractivity contribution in [1.82, 2.24) is 19.1 Å². The lowest BCUT2D eigenvalue weighted by atomic mass is 10.1. The van der Waals surface area contributed by atoms with Crippen molar-refractivity contribution >= 4 is 65.6 Å². The van der Waals surface area contributed by atoms with E-state index in [1.165, 1.54) is 5.39 Å². The van der Waals surface area contributed by atoms with E-state index in [4.69, 9.17) is 14.4 Å². The average Bonchev–Trinajstić information content (AvgIpc) is 3.95. The minimum atomic E-state index is 0.697. The first-order chi connectivity index (χ1) is 28.3. The summed E-state index contributed by atoms with van der Waals surface area (Å²) >= 11 is 0. The molecule has 0 unspecified atom stereocenters. The zero-order valence-corrected chi connectivity index (χ0v) is 30.7. The summed E-state index contributed by atoms with van der Waals surface area (Å²) in [6.07, 6.45) is 0. The topological polar surface area (TPSA) is 48.8 Å². The lowest BCUT2D eigenvalue weighted by molar-refractivity contribution is 0.677. The largest absolute Gasteiger partial charge is 0.455 e. The highest BCUT2D eigenvalue weighted by Crippen LogP contribution is 2.45. The zero-order chi connectivity index (χ0) is 37.5. The monoisotopic (exact) mass is 728 g/mol. The number of furan rings is 1. The van der Waals surface area contributed by atoms with E-state index in [1.54, 1.807) is 0 Å². The predicted octanol–water partition coefficient (Wildman–Crippen LogP) is 13.6. The van der Waals surface area contributed by atoms with E-state index in [-0.39, 0.29) is 0 Å². The Bertz CT molecular complexity index is 3450. The molecule has 57 heavy (non-hydrogen) atoms. The number of hydrogen-bond donors (Lipinski definition) is 0. The predicted molar refractivity (Wildman–Crippen MR) is 234 cm³/mol. The molecule has 0 aliphatic heterocycles. The van der Waals surface area contributed by atoms with Gasteiger partial charge in [0.05, 0.1) is 44.2 Å². The molecule has 12 aromatic rings. The van der Waals surface area contributed by atoms with Gasteiger partial charge in [0.2, 0.25) is 0 Å². The molecule has 5 nitrogen and oxygen atoms in total. The molecule has 0 spiro atoms. The lowest BCUT2D eigenvalue weighted by Gasteiger charge is -2.12. The quantitative estimate of drug-likeness (QED) is 0.177. The molecule has 0 fully saturated rings. The van der Waals surface area contributed by atoms with E-state index in [0.717, 1.165) is 99.6 Å². The first kappa shape index (κ1) is 31.6. The molecule has 0 bridgehead atoms. The Hall–Kier alpha value is -7.76. The fourth-order valence-corrected chi connectivity index (χ4v) is 8.80. The minimum Gasteiger partial charge on any atom is -0.455 e. The molecule has 8 aromatic carbocycles. The summed E-state index contributed by atoms with van der Waals surface area (Å²) in [5.74, 6) is 0.697. The second kappa shape index (κ2) is 12.4. The van der Waals surface area contributed by atoms with Gasteiger partial charge in [-0.1, -0.05) is 127 Å². The van der Waals surface area contributed by atoms with Crippen LogP contribution >= 0.6 is 0 Å². The van der Waals surface area contributed by atoms with E-state index < -0.39 is 0 Å². The van der Waals surface area contributed by atoms with Gasteiger partial charge in [0, 0.05) is 49.6 Å². The summed E-state index contributed by atoms with van der Waals surface area (Å²) in [6.45, 7) is 0. The van der Waals surface area contributed by atoms with Crippen LogP contribution in [0.4, 0.5) is 0 Å². The molecule has 4 heterocycles. The van der Waals surface area contributed by atoms with Gasteiger partial charge in [-0.05, 0) is 66.7 Å². The van der Waals surface area contributed by atoms with E-state index in [9.17, 15) is 0 Å². The highest BCUT2D eigenvalue weighted by atomic mass is 16.3. The summed E-state index contributed by atoms with van der Waals surface area (Å²) in [7, 11) is 0. The number of hydrogen-bond acceptors (Lipinski definition) is 3. The third-order valence-electron chi connectivity index (χ3n) is 11.3. The van der Waals surface area contributed by atoms with Crippen molar-refractivity contribution in [3.05, 3.63) is 194 Å². The van der Waals surface area contributed by atoms with Crippen molar-refractivity contribution in [2.24, 2.45) is 0 Å². The third-order valence-corrected chi connectivity index (χ3v) is 11.3. The van der Waals surface area contributed by atoms with Gasteiger partial charge in [0.1, 0.15) is 11.2 Å². The van der Waals surface area contributed by atoms with Gasteiger partial charge in [-0.3, -0.25) is 0 Å². The second-order valence-electron chi connectivity index (χ2n) is 14.6. The number of fused-ring (bicyclic) bond motifs is 11. The van der Waals surface area contributed by atoms with Gasteiger partial charge in [-0.15, -0.1) is 0 Å². The Balaban J connectivity index is 1.08. The Labute approximate surface area is 327 Å². The summed E-state index contributed by atoms with van der Waals surface area (Å²) in [6, 6.07) is 68.1. The van der Waals surface area contributed by atoms with Crippen LogP contribution in [0.2, 0.25) is 0 Å². The fraction of sp³-hybridized carbons (Fsp3) is 0. The van der Waals surface area contributed by atoms with Crippen LogP contribution in [0.3, 0.4) is 0 Å². The highest BCUT2D eigenvalue weighted by Gasteiger charge is 2.22. The molecule has 0 aliphatic rings. The molecule has 0 saturated carbocycles. The minimum absolute atomic E-state index is 0.697. The lowest BCUT2D eigenvalue weighted by Crippen LogP contribution is -1.97. The molecular formula is C52H32N4O. The standard InChI is InChI=1S/C52H32N4O/c1-4-15-33(16-5-1)42-32-43(54-52(53-42)34-17-6-2-7-18-34)35-19-14-22-37(31-35)56-45-26-13-11-24-41(45)49-47(56)30-28-39-38-27-29-46-48(50(38)57-51(39)49)40-23-10-12-25-44(40)55(46)36-20-8-3-9-21-36/h1-32H. The van der Waals surface area contributed by atoms with Gasteiger partial charge < -0.3 is 13.6 Å². The van der Waals surface area contributed by atoms with Crippen molar-refractivity contribution in [2.45, 2.75) is 0 Å². The van der Waals surface area contributed by atoms with Gasteiger partial charge >= 0.3 is 0 Å². The van der Waals surface area contributed by atoms with Gasteiger partial charge in [0.15, 0.2) is 5.82 Å². The first-order valence-corrected chi connectivity index (χ1v) is 19.3. The number of rotatable bonds is 5. The molecule has 0 aliphatic carbocycles. The molecule has 4 aromatic heterocycles. The molecule has 0 amide bonds. The van der Waals surface area contributed by atoms with Gasteiger partial charge in [0.25, 0.3) is 0 Å². The van der Waals surface area contributed by atoms with Crippen LogP contribution < -0.4 is 0 Å². The summed E-state index contributed by atoms with van der Waals surface area (Å²) in [5, 5.41) is 6.76. The molecule has 5 heteroatoms. The Morgan fingerprint density at radius 3 is 1.42 bits per heavy atom. The number of aromatic nitrogens is 4. The Kier molecular flexibility index (Phi) is 6.86. The van der Waals surface area contributed by atoms with Crippen molar-refractivity contribution in [1.29, 1.82) is 0 Å². The van der Waals surface area contributed by atoms with Crippen LogP contribution in [0.1, 0.15) is 0 Å². The van der Waals surface area contributed by atoms with Crippen molar-refractivity contribution in [2.75, 3.05) is 0 Å². The zero-order valence-electron chi connectivity index (χ0n) is 30.7. The van der Waals surface area contributed by atoms with Crippen LogP contribution in [0, 0.1) is 0 Å². The molecule has 0 N–H and O–H groups in total. The second-order valence-corrected chi connectivity index (χ2v) is 14.6. The number of nitrogens with zero attached hydrogens (tertiary/aromatic N) is 4. The van der Waals surface area contributed by atoms with Gasteiger partial charge in [-0.2, -0.15) is 0 Å². The summed E-state index contributed by atoms with van der Waals surface area (Å²) in [5.41, 5.74) is 13.2. The Morgan fingerprint density at radius 1 is 0.333 bits per heavy atom.